The Hall–Kier alpha value is 0.530. The van der Waals surface area contributed by atoms with E-state index in [1.807, 2.05) is 12.1 Å². The molecule has 90 valence electrons. The van der Waals surface area contributed by atoms with E-state index in [0.29, 0.717) is 5.52 Å². The molecule has 0 bridgehead atoms. The fourth-order valence-electron chi connectivity index (χ4n) is 1.18. The number of hydrogen-bond donors (Lipinski definition) is 2. The number of anilines is 1. The summed E-state index contributed by atoms with van der Waals surface area (Å²) < 4.78 is 11.1. The van der Waals surface area contributed by atoms with Crippen LogP contribution in [0.15, 0.2) is 24.3 Å². The van der Waals surface area contributed by atoms with Crippen molar-refractivity contribution in [3.05, 3.63) is 24.3 Å². The van der Waals surface area contributed by atoms with Gasteiger partial charge in [-0.25, -0.2) is 9.78 Å². The Kier molecular flexibility index (Phi) is 8.32. The first-order valence-electron chi connectivity index (χ1n) is 4.41. The maximum Gasteiger partial charge on any atom is 1.00 e. The molecule has 0 unspecified atom stereocenters. The number of amides is 2. The topological polar surface area (TPSA) is 117 Å². The van der Waals surface area contributed by atoms with Gasteiger partial charge in [0.25, 0.3) is 0 Å². The van der Waals surface area contributed by atoms with Crippen LogP contribution in [0.1, 0.15) is 0 Å². The van der Waals surface area contributed by atoms with Crippen LogP contribution in [0, 0.1) is 0 Å². The number of nitrogens with one attached hydrogen (secondary N) is 2. The third-order valence-corrected chi connectivity index (χ3v) is 3.18. The van der Waals surface area contributed by atoms with E-state index in [2.05, 4.69) is 10.3 Å². The predicted octanol–water partition coefficient (Wildman–Crippen LogP) is -5.75. The molecule has 0 saturated carbocycles. The fraction of sp³-hybridized carbons (Fsp3) is 0. The van der Waals surface area contributed by atoms with Gasteiger partial charge < -0.3 is 19.4 Å². The zero-order valence-corrected chi connectivity index (χ0v) is 16.0. The Labute approximate surface area is 157 Å². The number of para-hydroxylation sites is 1. The van der Waals surface area contributed by atoms with Crippen LogP contribution in [-0.2, 0) is 4.57 Å². The van der Waals surface area contributed by atoms with E-state index in [0.717, 1.165) is 4.70 Å². The van der Waals surface area contributed by atoms with Crippen molar-refractivity contribution in [2.45, 2.75) is 0 Å². The Bertz CT molecular complexity index is 584. The Morgan fingerprint density at radius 3 is 2.47 bits per heavy atom. The average molecular weight is 317 g/mol. The molecule has 0 atom stereocenters. The smallest absolute Gasteiger partial charge is 0.795 e. The van der Waals surface area contributed by atoms with E-state index in [9.17, 15) is 19.1 Å². The molecule has 0 spiro atoms. The van der Waals surface area contributed by atoms with Gasteiger partial charge in [0, 0.05) is 7.75 Å². The van der Waals surface area contributed by atoms with Crippen LogP contribution in [-0.4, -0.2) is 11.0 Å². The van der Waals surface area contributed by atoms with Gasteiger partial charge in [-0.2, -0.15) is 0 Å². The molecule has 0 saturated heterocycles. The minimum absolute atomic E-state index is 0. The van der Waals surface area contributed by atoms with Crippen LogP contribution >= 0.6 is 19.1 Å². The standard InChI is InChI=1S/C8H8N3O4PS.2Na/c12-7(11-16(13,14)15)10-8-9-5-3-1-2-4-6(5)17-8;;/h1-4H,(H4,9,10,11,12,13,14,15);;/q;2*+1/p-2. The second-order valence-corrected chi connectivity index (χ2v) is 5.30. The fourth-order valence-corrected chi connectivity index (χ4v) is 2.34. The van der Waals surface area contributed by atoms with Gasteiger partial charge in [0.2, 0.25) is 0 Å². The number of nitrogens with zero attached hydrogens (tertiary/aromatic N) is 1. The number of thiazole rings is 1. The zero-order valence-electron chi connectivity index (χ0n) is 10.2. The van der Waals surface area contributed by atoms with Crippen LogP contribution in [0.2, 0.25) is 0 Å². The second kappa shape index (κ2) is 8.09. The molecule has 2 N–H and O–H groups in total. The molecule has 1 aromatic carbocycles. The van der Waals surface area contributed by atoms with Crippen LogP contribution in [0.4, 0.5) is 9.93 Å². The molecule has 0 fully saturated rings. The minimum Gasteiger partial charge on any atom is -0.795 e. The van der Waals surface area contributed by atoms with Crippen molar-refractivity contribution in [1.82, 2.24) is 10.1 Å². The first kappa shape index (κ1) is 19.5. The average Bonchev–Trinajstić information content (AvgIpc) is 2.55. The van der Waals surface area contributed by atoms with Crippen molar-refractivity contribution < 1.29 is 78.3 Å². The molecule has 19 heavy (non-hydrogen) atoms. The van der Waals surface area contributed by atoms with Crippen molar-refractivity contribution in [2.24, 2.45) is 0 Å². The summed E-state index contributed by atoms with van der Waals surface area (Å²) in [6.45, 7) is 0. The largest absolute Gasteiger partial charge is 1.00 e. The first-order chi connectivity index (χ1) is 7.94. The number of carbonyl (C=O) groups excluding carboxylic acids is 1. The molecule has 1 heterocycles. The van der Waals surface area contributed by atoms with Gasteiger partial charge in [0.15, 0.2) is 5.13 Å². The summed E-state index contributed by atoms with van der Waals surface area (Å²) >= 11 is 1.17. The summed E-state index contributed by atoms with van der Waals surface area (Å²) in [6, 6.07) is 6.05. The van der Waals surface area contributed by atoms with Crippen molar-refractivity contribution in [1.29, 1.82) is 0 Å². The molecule has 0 radical (unpaired) electrons. The van der Waals surface area contributed by atoms with Crippen molar-refractivity contribution in [2.75, 3.05) is 5.32 Å². The minimum atomic E-state index is -5.08. The van der Waals surface area contributed by atoms with Crippen LogP contribution in [0.3, 0.4) is 0 Å². The van der Waals surface area contributed by atoms with Gasteiger partial charge >= 0.3 is 65.1 Å². The molecule has 2 rings (SSSR count). The molecular formula is C8H6N3Na2O4PS. The van der Waals surface area contributed by atoms with Gasteiger partial charge in [-0.05, 0) is 12.1 Å². The molecule has 2 aromatic rings. The summed E-state index contributed by atoms with van der Waals surface area (Å²) in [7, 11) is -5.08. The van der Waals surface area contributed by atoms with E-state index in [-0.39, 0.29) is 64.2 Å². The SMILES string of the molecule is O=C(Nc1nc2ccccc2s1)NP(=O)([O-])[O-].[Na+].[Na+]. The van der Waals surface area contributed by atoms with Crippen LogP contribution in [0.25, 0.3) is 10.2 Å². The predicted molar refractivity (Wildman–Crippen MR) is 59.4 cm³/mol. The summed E-state index contributed by atoms with van der Waals surface area (Å²) in [6.07, 6.45) is 0. The van der Waals surface area contributed by atoms with Crippen LogP contribution in [0.5, 0.6) is 0 Å². The van der Waals surface area contributed by atoms with E-state index < -0.39 is 13.8 Å². The van der Waals surface area contributed by atoms with Crippen molar-refractivity contribution >= 4 is 40.5 Å². The summed E-state index contributed by atoms with van der Waals surface area (Å²) in [5.74, 6) is 0. The van der Waals surface area contributed by atoms with Gasteiger partial charge in [-0.3, -0.25) is 5.32 Å². The quantitative estimate of drug-likeness (QED) is 0.423. The monoisotopic (exact) mass is 317 g/mol. The first-order valence-corrected chi connectivity index (χ1v) is 6.77. The number of rotatable bonds is 2. The Morgan fingerprint density at radius 2 is 1.89 bits per heavy atom. The molecule has 0 aliphatic heterocycles. The molecular weight excluding hydrogens is 311 g/mol. The van der Waals surface area contributed by atoms with E-state index in [1.54, 1.807) is 12.1 Å². The molecule has 7 nitrogen and oxygen atoms in total. The maximum absolute atomic E-state index is 11.1. The van der Waals surface area contributed by atoms with Gasteiger partial charge in [-0.15, -0.1) is 0 Å². The Morgan fingerprint density at radius 1 is 1.26 bits per heavy atom. The van der Waals surface area contributed by atoms with Gasteiger partial charge in [0.1, 0.15) is 0 Å². The Balaban J connectivity index is 0.00000162. The van der Waals surface area contributed by atoms with E-state index in [4.69, 9.17) is 0 Å². The van der Waals surface area contributed by atoms with Gasteiger partial charge in [0.05, 0.1) is 10.2 Å². The third kappa shape index (κ3) is 6.22. The summed E-state index contributed by atoms with van der Waals surface area (Å²) in [4.78, 5) is 35.7. The number of fused-ring (bicyclic) bond motifs is 1. The van der Waals surface area contributed by atoms with Crippen LogP contribution < -0.4 is 79.3 Å². The molecule has 0 aliphatic rings. The molecule has 1 aromatic heterocycles. The maximum atomic E-state index is 11.1. The number of urea groups is 1. The zero-order chi connectivity index (χ0) is 12.5. The molecule has 2 amide bonds. The third-order valence-electron chi connectivity index (χ3n) is 1.75. The summed E-state index contributed by atoms with van der Waals surface area (Å²) in [5, 5.41) is 3.67. The number of hydrogen-bond acceptors (Lipinski definition) is 6. The molecule has 11 heteroatoms. The second-order valence-electron chi connectivity index (χ2n) is 3.05. The number of benzene rings is 1. The van der Waals surface area contributed by atoms with Gasteiger partial charge in [-0.1, -0.05) is 23.5 Å². The molecule has 0 aliphatic carbocycles. The number of carbonyl (C=O) groups is 1. The van der Waals surface area contributed by atoms with Crippen molar-refractivity contribution in [3.8, 4) is 0 Å². The normalized spacial score (nSPS) is 10.2. The van der Waals surface area contributed by atoms with E-state index >= 15 is 0 Å². The summed E-state index contributed by atoms with van der Waals surface area (Å²) in [5.41, 5.74) is 0.681. The number of aromatic nitrogens is 1. The van der Waals surface area contributed by atoms with E-state index in [1.165, 1.54) is 16.4 Å². The van der Waals surface area contributed by atoms with Crippen molar-refractivity contribution in [3.63, 3.8) is 0 Å².